The molecule has 1 rings (SSSR count). The second-order valence-corrected chi connectivity index (χ2v) is 4.06. The lowest BCUT2D eigenvalue weighted by Crippen LogP contribution is -2.08. The maximum Gasteiger partial charge on any atom is 0.416 e. The Kier molecular flexibility index (Phi) is 3.97. The molecule has 0 unspecified atom stereocenters. The summed E-state index contributed by atoms with van der Waals surface area (Å²) in [5.41, 5.74) is 0.535. The van der Waals surface area contributed by atoms with Gasteiger partial charge in [0.05, 0.1) is 18.3 Å². The van der Waals surface area contributed by atoms with Gasteiger partial charge in [0.1, 0.15) is 0 Å². The van der Waals surface area contributed by atoms with Crippen LogP contribution in [0.1, 0.15) is 30.5 Å². The number of aryl methyl sites for hydroxylation is 1. The van der Waals surface area contributed by atoms with E-state index in [1.165, 1.54) is 0 Å². The summed E-state index contributed by atoms with van der Waals surface area (Å²) in [6.07, 6.45) is -4.28. The zero-order valence-electron chi connectivity index (χ0n) is 9.56. The minimum absolute atomic E-state index is 0.00912. The Hall–Kier alpha value is -1.03. The number of alkyl halides is 3. The average molecular weight is 232 g/mol. The van der Waals surface area contributed by atoms with Gasteiger partial charge >= 0.3 is 6.18 Å². The molecule has 0 saturated carbocycles. The van der Waals surface area contributed by atoms with E-state index in [4.69, 9.17) is 4.74 Å². The van der Waals surface area contributed by atoms with Crippen LogP contribution < -0.4 is 0 Å². The maximum absolute atomic E-state index is 12.5. The third kappa shape index (κ3) is 3.85. The summed E-state index contributed by atoms with van der Waals surface area (Å²) < 4.78 is 42.8. The maximum atomic E-state index is 12.5. The highest BCUT2D eigenvalue weighted by Crippen LogP contribution is 2.30. The molecule has 0 aliphatic carbocycles. The first-order valence-corrected chi connectivity index (χ1v) is 5.08. The fourth-order valence-electron chi connectivity index (χ4n) is 1.37. The van der Waals surface area contributed by atoms with E-state index in [1.54, 1.807) is 13.0 Å². The predicted molar refractivity (Wildman–Crippen MR) is 56.1 cm³/mol. The summed E-state index contributed by atoms with van der Waals surface area (Å²) >= 11 is 0. The van der Waals surface area contributed by atoms with Crippen LogP contribution in [-0.2, 0) is 17.5 Å². The van der Waals surface area contributed by atoms with Crippen molar-refractivity contribution < 1.29 is 17.9 Å². The lowest BCUT2D eigenvalue weighted by molar-refractivity contribution is -0.137. The van der Waals surface area contributed by atoms with Gasteiger partial charge in [0, 0.05) is 0 Å². The van der Waals surface area contributed by atoms with Crippen LogP contribution in [0.2, 0.25) is 0 Å². The molecule has 90 valence electrons. The molecule has 0 radical (unpaired) electrons. The summed E-state index contributed by atoms with van der Waals surface area (Å²) in [5.74, 6) is 0. The summed E-state index contributed by atoms with van der Waals surface area (Å²) in [7, 11) is 0. The smallest absolute Gasteiger partial charge is 0.374 e. The van der Waals surface area contributed by atoms with Gasteiger partial charge in [-0.05, 0) is 38.5 Å². The molecule has 0 atom stereocenters. The molecule has 0 N–H and O–H groups in total. The molecule has 1 aromatic rings. The minimum atomic E-state index is -4.29. The quantitative estimate of drug-likeness (QED) is 0.767. The monoisotopic (exact) mass is 232 g/mol. The summed E-state index contributed by atoms with van der Waals surface area (Å²) in [6.45, 7) is 5.55. The topological polar surface area (TPSA) is 9.23 Å². The van der Waals surface area contributed by atoms with Gasteiger partial charge in [-0.15, -0.1) is 0 Å². The van der Waals surface area contributed by atoms with Crippen molar-refractivity contribution in [2.75, 3.05) is 0 Å². The molecule has 0 aromatic heterocycles. The van der Waals surface area contributed by atoms with Crippen LogP contribution in [0, 0.1) is 6.92 Å². The predicted octanol–water partition coefficient (Wildman–Crippen LogP) is 3.94. The van der Waals surface area contributed by atoms with Crippen LogP contribution in [0.5, 0.6) is 0 Å². The third-order valence-corrected chi connectivity index (χ3v) is 2.05. The second kappa shape index (κ2) is 4.87. The van der Waals surface area contributed by atoms with E-state index in [0.717, 1.165) is 12.1 Å². The molecule has 0 fully saturated rings. The highest BCUT2D eigenvalue weighted by Gasteiger charge is 2.30. The van der Waals surface area contributed by atoms with Crippen molar-refractivity contribution >= 4 is 0 Å². The van der Waals surface area contributed by atoms with Crippen LogP contribution in [0.4, 0.5) is 13.2 Å². The average Bonchev–Trinajstić information content (AvgIpc) is 2.12. The zero-order chi connectivity index (χ0) is 12.3. The SMILES string of the molecule is Cc1cc(COC(C)C)cc(C(F)(F)F)c1. The Morgan fingerprint density at radius 2 is 1.81 bits per heavy atom. The van der Waals surface area contributed by atoms with Gasteiger partial charge < -0.3 is 4.74 Å². The van der Waals surface area contributed by atoms with Gasteiger partial charge in [0.25, 0.3) is 0 Å². The van der Waals surface area contributed by atoms with E-state index in [-0.39, 0.29) is 12.7 Å². The molecular weight excluding hydrogens is 217 g/mol. The van der Waals surface area contributed by atoms with E-state index in [0.29, 0.717) is 11.1 Å². The number of ether oxygens (including phenoxy) is 1. The van der Waals surface area contributed by atoms with Crippen LogP contribution >= 0.6 is 0 Å². The lowest BCUT2D eigenvalue weighted by atomic mass is 10.1. The molecule has 1 aromatic carbocycles. The minimum Gasteiger partial charge on any atom is -0.374 e. The molecule has 0 spiro atoms. The highest BCUT2D eigenvalue weighted by molar-refractivity contribution is 5.30. The molecule has 0 amide bonds. The first-order valence-electron chi connectivity index (χ1n) is 5.08. The van der Waals surface area contributed by atoms with E-state index >= 15 is 0 Å². The number of hydrogen-bond acceptors (Lipinski definition) is 1. The first-order chi connectivity index (χ1) is 7.29. The fourth-order valence-corrected chi connectivity index (χ4v) is 1.37. The molecule has 0 aliphatic rings. The molecule has 4 heteroatoms. The van der Waals surface area contributed by atoms with Gasteiger partial charge in [-0.25, -0.2) is 0 Å². The molecule has 0 heterocycles. The van der Waals surface area contributed by atoms with Gasteiger partial charge in [-0.3, -0.25) is 0 Å². The Labute approximate surface area is 93.2 Å². The molecule has 0 aliphatic heterocycles. The van der Waals surface area contributed by atoms with Crippen molar-refractivity contribution in [3.8, 4) is 0 Å². The number of hydrogen-bond donors (Lipinski definition) is 0. The van der Waals surface area contributed by atoms with Crippen LogP contribution in [0.3, 0.4) is 0 Å². The molecule has 0 saturated heterocycles. The third-order valence-electron chi connectivity index (χ3n) is 2.05. The Morgan fingerprint density at radius 1 is 1.19 bits per heavy atom. The van der Waals surface area contributed by atoms with Crippen molar-refractivity contribution in [2.24, 2.45) is 0 Å². The standard InChI is InChI=1S/C12H15F3O/c1-8(2)16-7-10-4-9(3)5-11(6-10)12(13,14)15/h4-6,8H,7H2,1-3H3. The van der Waals surface area contributed by atoms with E-state index in [9.17, 15) is 13.2 Å². The van der Waals surface area contributed by atoms with Gasteiger partial charge in [0.2, 0.25) is 0 Å². The van der Waals surface area contributed by atoms with Crippen LogP contribution in [0.25, 0.3) is 0 Å². The Morgan fingerprint density at radius 3 is 2.31 bits per heavy atom. The normalized spacial score (nSPS) is 12.2. The largest absolute Gasteiger partial charge is 0.416 e. The molecular formula is C12H15F3O. The number of rotatable bonds is 3. The van der Waals surface area contributed by atoms with Crippen molar-refractivity contribution in [1.29, 1.82) is 0 Å². The van der Waals surface area contributed by atoms with E-state index in [2.05, 4.69) is 0 Å². The van der Waals surface area contributed by atoms with Crippen molar-refractivity contribution in [1.82, 2.24) is 0 Å². The van der Waals surface area contributed by atoms with Gasteiger partial charge in [0.15, 0.2) is 0 Å². The summed E-state index contributed by atoms with van der Waals surface area (Å²) in [5, 5.41) is 0. The molecule has 0 bridgehead atoms. The highest BCUT2D eigenvalue weighted by atomic mass is 19.4. The lowest BCUT2D eigenvalue weighted by Gasteiger charge is -2.12. The van der Waals surface area contributed by atoms with Crippen LogP contribution in [-0.4, -0.2) is 6.10 Å². The Balaban J connectivity index is 2.90. The fraction of sp³-hybridized carbons (Fsp3) is 0.500. The zero-order valence-corrected chi connectivity index (χ0v) is 9.56. The van der Waals surface area contributed by atoms with E-state index in [1.807, 2.05) is 13.8 Å². The molecule has 1 nitrogen and oxygen atoms in total. The van der Waals surface area contributed by atoms with Crippen LogP contribution in [0.15, 0.2) is 18.2 Å². The van der Waals surface area contributed by atoms with Crippen molar-refractivity contribution in [2.45, 2.75) is 39.7 Å². The first kappa shape index (κ1) is 13.0. The van der Waals surface area contributed by atoms with Gasteiger partial charge in [-0.1, -0.05) is 11.6 Å². The Bertz CT molecular complexity index is 356. The summed E-state index contributed by atoms with van der Waals surface area (Å²) in [4.78, 5) is 0. The number of halogens is 3. The van der Waals surface area contributed by atoms with Gasteiger partial charge in [-0.2, -0.15) is 13.2 Å². The van der Waals surface area contributed by atoms with Crippen molar-refractivity contribution in [3.05, 3.63) is 34.9 Å². The second-order valence-electron chi connectivity index (χ2n) is 4.06. The molecule has 16 heavy (non-hydrogen) atoms. The van der Waals surface area contributed by atoms with E-state index < -0.39 is 11.7 Å². The van der Waals surface area contributed by atoms with Crippen molar-refractivity contribution in [3.63, 3.8) is 0 Å². The summed E-state index contributed by atoms with van der Waals surface area (Å²) in [6, 6.07) is 3.98. The number of benzene rings is 1.